The SMILES string of the molecule is Cc1ccccc1C1(C(C)C(=O)O)COC1. The Morgan fingerprint density at radius 3 is 2.50 bits per heavy atom. The summed E-state index contributed by atoms with van der Waals surface area (Å²) in [5.41, 5.74) is 1.91. The van der Waals surface area contributed by atoms with Crippen LogP contribution in [0, 0.1) is 12.8 Å². The second kappa shape index (κ2) is 3.91. The molecule has 1 aromatic carbocycles. The molecule has 1 heterocycles. The van der Waals surface area contributed by atoms with Crippen LogP contribution in [-0.2, 0) is 14.9 Å². The predicted octanol–water partition coefficient (Wildman–Crippen LogP) is 1.98. The standard InChI is InChI=1S/C13H16O3/c1-9-5-3-4-6-11(9)13(7-16-8-13)10(2)12(14)15/h3-6,10H,7-8H2,1-2H3,(H,14,15). The van der Waals surface area contributed by atoms with Gasteiger partial charge in [0.15, 0.2) is 0 Å². The van der Waals surface area contributed by atoms with Crippen LogP contribution in [0.3, 0.4) is 0 Å². The van der Waals surface area contributed by atoms with Crippen LogP contribution in [0.5, 0.6) is 0 Å². The number of rotatable bonds is 3. The van der Waals surface area contributed by atoms with Gasteiger partial charge in [-0.25, -0.2) is 0 Å². The normalized spacial score (nSPS) is 19.9. The van der Waals surface area contributed by atoms with Crippen molar-refractivity contribution in [1.29, 1.82) is 0 Å². The maximum Gasteiger partial charge on any atom is 0.307 e. The number of hydrogen-bond donors (Lipinski definition) is 1. The average Bonchev–Trinajstić information content (AvgIpc) is 2.18. The van der Waals surface area contributed by atoms with Gasteiger partial charge < -0.3 is 9.84 Å². The average molecular weight is 220 g/mol. The third kappa shape index (κ3) is 1.52. The number of aliphatic carboxylic acids is 1. The van der Waals surface area contributed by atoms with Gasteiger partial charge in [0.2, 0.25) is 0 Å². The van der Waals surface area contributed by atoms with Gasteiger partial charge in [0.25, 0.3) is 0 Å². The van der Waals surface area contributed by atoms with E-state index in [2.05, 4.69) is 0 Å². The summed E-state index contributed by atoms with van der Waals surface area (Å²) in [6.07, 6.45) is 0. The molecular weight excluding hydrogens is 204 g/mol. The number of carbonyl (C=O) groups is 1. The van der Waals surface area contributed by atoms with Crippen molar-refractivity contribution >= 4 is 5.97 Å². The molecule has 0 bridgehead atoms. The minimum atomic E-state index is -0.758. The fourth-order valence-electron chi connectivity index (χ4n) is 2.33. The maximum atomic E-state index is 11.2. The molecule has 1 aromatic rings. The largest absolute Gasteiger partial charge is 0.481 e. The molecule has 16 heavy (non-hydrogen) atoms. The fourth-order valence-corrected chi connectivity index (χ4v) is 2.33. The zero-order valence-electron chi connectivity index (χ0n) is 9.56. The van der Waals surface area contributed by atoms with Crippen molar-refractivity contribution in [1.82, 2.24) is 0 Å². The maximum absolute atomic E-state index is 11.2. The molecule has 2 rings (SSSR count). The van der Waals surface area contributed by atoms with E-state index in [-0.39, 0.29) is 5.41 Å². The van der Waals surface area contributed by atoms with Gasteiger partial charge in [-0.2, -0.15) is 0 Å². The summed E-state index contributed by atoms with van der Waals surface area (Å²) in [6.45, 7) is 4.79. The number of benzene rings is 1. The Kier molecular flexibility index (Phi) is 2.72. The highest BCUT2D eigenvalue weighted by Gasteiger charge is 2.48. The van der Waals surface area contributed by atoms with Gasteiger partial charge in [-0.05, 0) is 18.1 Å². The highest BCUT2D eigenvalue weighted by atomic mass is 16.5. The molecule has 0 saturated carbocycles. The molecular formula is C13H16O3. The molecule has 3 heteroatoms. The number of carboxylic acid groups (broad SMARTS) is 1. The zero-order valence-corrected chi connectivity index (χ0v) is 9.56. The molecule has 86 valence electrons. The minimum Gasteiger partial charge on any atom is -0.481 e. The second-order valence-corrected chi connectivity index (χ2v) is 4.52. The van der Waals surface area contributed by atoms with Crippen molar-refractivity contribution in [2.75, 3.05) is 13.2 Å². The van der Waals surface area contributed by atoms with Gasteiger partial charge in [-0.1, -0.05) is 31.2 Å². The number of aryl methyl sites for hydroxylation is 1. The summed E-state index contributed by atoms with van der Waals surface area (Å²) < 4.78 is 5.26. The van der Waals surface area contributed by atoms with Gasteiger partial charge in [0, 0.05) is 0 Å². The highest BCUT2D eigenvalue weighted by Crippen LogP contribution is 2.40. The fraction of sp³-hybridized carbons (Fsp3) is 0.462. The summed E-state index contributed by atoms with van der Waals surface area (Å²) in [7, 11) is 0. The lowest BCUT2D eigenvalue weighted by Crippen LogP contribution is -2.54. The van der Waals surface area contributed by atoms with Crippen molar-refractivity contribution in [3.8, 4) is 0 Å². The number of hydrogen-bond acceptors (Lipinski definition) is 2. The van der Waals surface area contributed by atoms with Crippen LogP contribution in [0.15, 0.2) is 24.3 Å². The Hall–Kier alpha value is -1.35. The number of ether oxygens (including phenoxy) is 1. The predicted molar refractivity (Wildman–Crippen MR) is 60.5 cm³/mol. The highest BCUT2D eigenvalue weighted by molar-refractivity contribution is 5.72. The van der Waals surface area contributed by atoms with Crippen LogP contribution in [0.25, 0.3) is 0 Å². The summed E-state index contributed by atoms with van der Waals surface area (Å²) in [6, 6.07) is 7.95. The Morgan fingerprint density at radius 1 is 1.44 bits per heavy atom. The molecule has 1 unspecified atom stereocenters. The second-order valence-electron chi connectivity index (χ2n) is 4.52. The minimum absolute atomic E-state index is 0.336. The smallest absolute Gasteiger partial charge is 0.307 e. The van der Waals surface area contributed by atoms with Gasteiger partial charge in [0.05, 0.1) is 24.5 Å². The molecule has 0 aliphatic carbocycles. The van der Waals surface area contributed by atoms with E-state index in [9.17, 15) is 9.90 Å². The molecule has 1 saturated heterocycles. The molecule has 1 aliphatic rings. The van der Waals surface area contributed by atoms with Crippen LogP contribution in [-0.4, -0.2) is 24.3 Å². The van der Waals surface area contributed by atoms with E-state index in [1.165, 1.54) is 0 Å². The van der Waals surface area contributed by atoms with E-state index in [4.69, 9.17) is 4.74 Å². The first-order chi connectivity index (χ1) is 7.58. The first kappa shape index (κ1) is 11.1. The van der Waals surface area contributed by atoms with Crippen LogP contribution in [0.1, 0.15) is 18.1 Å². The van der Waals surface area contributed by atoms with Crippen LogP contribution < -0.4 is 0 Å². The van der Waals surface area contributed by atoms with Crippen molar-refractivity contribution in [2.45, 2.75) is 19.3 Å². The molecule has 1 fully saturated rings. The summed E-state index contributed by atoms with van der Waals surface area (Å²) in [5, 5.41) is 9.18. The summed E-state index contributed by atoms with van der Waals surface area (Å²) in [5.74, 6) is -1.17. The molecule has 3 nitrogen and oxygen atoms in total. The lowest BCUT2D eigenvalue weighted by molar-refractivity contribution is -0.155. The first-order valence-corrected chi connectivity index (χ1v) is 5.44. The van der Waals surface area contributed by atoms with Gasteiger partial charge in [0.1, 0.15) is 0 Å². The lowest BCUT2D eigenvalue weighted by atomic mass is 9.68. The lowest BCUT2D eigenvalue weighted by Gasteiger charge is -2.45. The van der Waals surface area contributed by atoms with E-state index < -0.39 is 11.9 Å². The van der Waals surface area contributed by atoms with E-state index >= 15 is 0 Å². The Morgan fingerprint density at radius 2 is 2.06 bits per heavy atom. The topological polar surface area (TPSA) is 46.5 Å². The van der Waals surface area contributed by atoms with Crippen LogP contribution in [0.4, 0.5) is 0 Å². The van der Waals surface area contributed by atoms with Crippen molar-refractivity contribution in [3.63, 3.8) is 0 Å². The molecule has 0 aromatic heterocycles. The van der Waals surface area contributed by atoms with Gasteiger partial charge in [-0.15, -0.1) is 0 Å². The quantitative estimate of drug-likeness (QED) is 0.847. The third-order valence-corrected chi connectivity index (χ3v) is 3.60. The monoisotopic (exact) mass is 220 g/mol. The Bertz CT molecular complexity index is 407. The molecule has 0 radical (unpaired) electrons. The summed E-state index contributed by atoms with van der Waals surface area (Å²) in [4.78, 5) is 11.2. The van der Waals surface area contributed by atoms with E-state index in [0.717, 1.165) is 11.1 Å². The number of carboxylic acids is 1. The summed E-state index contributed by atoms with van der Waals surface area (Å²) >= 11 is 0. The van der Waals surface area contributed by atoms with E-state index in [1.54, 1.807) is 6.92 Å². The molecule has 0 amide bonds. The van der Waals surface area contributed by atoms with Crippen molar-refractivity contribution < 1.29 is 14.6 Å². The van der Waals surface area contributed by atoms with Crippen LogP contribution >= 0.6 is 0 Å². The Balaban J connectivity index is 2.43. The van der Waals surface area contributed by atoms with E-state index in [0.29, 0.717) is 13.2 Å². The zero-order chi connectivity index (χ0) is 11.8. The molecule has 0 spiro atoms. The van der Waals surface area contributed by atoms with E-state index in [1.807, 2.05) is 31.2 Å². The van der Waals surface area contributed by atoms with Gasteiger partial charge in [-0.3, -0.25) is 4.79 Å². The van der Waals surface area contributed by atoms with Gasteiger partial charge >= 0.3 is 5.97 Å². The van der Waals surface area contributed by atoms with Crippen molar-refractivity contribution in [3.05, 3.63) is 35.4 Å². The molecule has 1 N–H and O–H groups in total. The first-order valence-electron chi connectivity index (χ1n) is 5.44. The molecule has 1 aliphatic heterocycles. The third-order valence-electron chi connectivity index (χ3n) is 3.60. The molecule has 1 atom stereocenters. The Labute approximate surface area is 95.0 Å². The van der Waals surface area contributed by atoms with Crippen LogP contribution in [0.2, 0.25) is 0 Å². The van der Waals surface area contributed by atoms with Crippen molar-refractivity contribution in [2.24, 2.45) is 5.92 Å².